The number of rotatable bonds is 7. The molecule has 1 fully saturated rings. The van der Waals surface area contributed by atoms with Crippen LogP contribution in [-0.4, -0.2) is 19.9 Å². The Bertz CT molecular complexity index is 613. The highest BCUT2D eigenvalue weighted by Gasteiger charge is 2.23. The van der Waals surface area contributed by atoms with Crippen LogP contribution in [0.25, 0.3) is 0 Å². The average Bonchev–Trinajstić information content (AvgIpc) is 3.21. The van der Waals surface area contributed by atoms with Gasteiger partial charge in [0, 0.05) is 12.6 Å². The Labute approximate surface area is 116 Å². The summed E-state index contributed by atoms with van der Waals surface area (Å²) < 4.78 is 26.5. The number of hydrogen-bond acceptors (Lipinski definition) is 6. The molecule has 0 heterocycles. The van der Waals surface area contributed by atoms with Gasteiger partial charge in [-0.1, -0.05) is 12.8 Å². The molecule has 0 spiro atoms. The Morgan fingerprint density at radius 1 is 1.40 bits per heavy atom. The number of anilines is 1. The minimum Gasteiger partial charge on any atom is -0.318 e. The number of hydrogen-bond donors (Lipinski definition) is 3. The monoisotopic (exact) mass is 300 g/mol. The molecule has 4 N–H and O–H groups in total. The summed E-state index contributed by atoms with van der Waals surface area (Å²) in [5, 5.41) is 10.9. The molecule has 9 heteroatoms. The lowest BCUT2D eigenvalue weighted by Gasteiger charge is -2.08. The van der Waals surface area contributed by atoms with Crippen LogP contribution in [0.2, 0.25) is 0 Å². The second kappa shape index (κ2) is 5.73. The van der Waals surface area contributed by atoms with Crippen molar-refractivity contribution in [2.24, 2.45) is 11.8 Å². The topological polar surface area (TPSA) is 127 Å². The fourth-order valence-electron chi connectivity index (χ4n) is 1.84. The molecule has 1 aromatic rings. The first-order chi connectivity index (χ1) is 9.44. The van der Waals surface area contributed by atoms with Gasteiger partial charge in [0.2, 0.25) is 10.0 Å². The third-order valence-corrected chi connectivity index (χ3v) is 4.63. The van der Waals surface area contributed by atoms with Crippen molar-refractivity contribution in [3.05, 3.63) is 28.3 Å². The molecule has 1 aliphatic carbocycles. The van der Waals surface area contributed by atoms with Gasteiger partial charge in [-0.15, -0.1) is 0 Å². The molecule has 0 aliphatic heterocycles. The van der Waals surface area contributed by atoms with Crippen molar-refractivity contribution in [1.82, 2.24) is 4.72 Å². The van der Waals surface area contributed by atoms with E-state index < -0.39 is 14.9 Å². The maximum absolute atomic E-state index is 12.0. The van der Waals surface area contributed by atoms with E-state index in [2.05, 4.69) is 10.1 Å². The van der Waals surface area contributed by atoms with Crippen molar-refractivity contribution < 1.29 is 13.3 Å². The smallest absolute Gasteiger partial charge is 0.294 e. The lowest BCUT2D eigenvalue weighted by Crippen LogP contribution is -2.25. The molecule has 0 unspecified atom stereocenters. The molecule has 1 aliphatic rings. The minimum atomic E-state index is -3.73. The molecule has 0 radical (unpaired) electrons. The molecule has 1 saturated carbocycles. The second-order valence-electron chi connectivity index (χ2n) is 4.71. The van der Waals surface area contributed by atoms with Gasteiger partial charge in [-0.25, -0.2) is 13.1 Å². The summed E-state index contributed by atoms with van der Waals surface area (Å²) in [6, 6.07) is 3.55. The van der Waals surface area contributed by atoms with Gasteiger partial charge in [0.25, 0.3) is 5.69 Å². The Morgan fingerprint density at radius 3 is 2.65 bits per heavy atom. The number of hydrazine groups is 1. The number of nitrogens with one attached hydrogen (secondary N) is 2. The molecular weight excluding hydrogens is 284 g/mol. The van der Waals surface area contributed by atoms with Crippen LogP contribution in [0.1, 0.15) is 19.3 Å². The van der Waals surface area contributed by atoms with Crippen LogP contribution < -0.4 is 16.0 Å². The van der Waals surface area contributed by atoms with Crippen LogP contribution in [0.15, 0.2) is 23.1 Å². The summed E-state index contributed by atoms with van der Waals surface area (Å²) in [6.45, 7) is 0.345. The molecular formula is C11H16N4O4S. The first-order valence-corrected chi connectivity index (χ1v) is 7.67. The second-order valence-corrected chi connectivity index (χ2v) is 6.48. The fourth-order valence-corrected chi connectivity index (χ4v) is 2.91. The molecule has 0 bridgehead atoms. The van der Waals surface area contributed by atoms with Crippen molar-refractivity contribution in [1.29, 1.82) is 0 Å². The van der Waals surface area contributed by atoms with Gasteiger partial charge < -0.3 is 5.43 Å². The van der Waals surface area contributed by atoms with E-state index in [1.807, 2.05) is 0 Å². The van der Waals surface area contributed by atoms with E-state index in [1.54, 1.807) is 0 Å². The largest absolute Gasteiger partial charge is 0.318 e. The molecule has 0 amide bonds. The Morgan fingerprint density at radius 2 is 2.10 bits per heavy atom. The van der Waals surface area contributed by atoms with E-state index in [-0.39, 0.29) is 16.3 Å². The SMILES string of the molecule is NNc1ccc(S(=O)(=O)NCCC2CC2)cc1[N+](=O)[O-]. The normalized spacial score (nSPS) is 15.1. The predicted octanol–water partition coefficient (Wildman–Crippen LogP) is 0.959. The van der Waals surface area contributed by atoms with Crippen LogP contribution in [0, 0.1) is 16.0 Å². The highest BCUT2D eigenvalue weighted by molar-refractivity contribution is 7.89. The standard InChI is InChI=1S/C11H16N4O4S/c12-14-10-4-3-9(7-11(10)15(16)17)20(18,19)13-6-5-8-1-2-8/h3-4,7-8,13-14H,1-2,5-6,12H2. The molecule has 8 nitrogen and oxygen atoms in total. The van der Waals surface area contributed by atoms with Crippen molar-refractivity contribution in [2.75, 3.05) is 12.0 Å². The number of nitrogens with two attached hydrogens (primary N) is 1. The third-order valence-electron chi connectivity index (χ3n) is 3.17. The van der Waals surface area contributed by atoms with Crippen molar-refractivity contribution in [3.63, 3.8) is 0 Å². The van der Waals surface area contributed by atoms with Gasteiger partial charge in [0.15, 0.2) is 0 Å². The lowest BCUT2D eigenvalue weighted by atomic mass is 10.3. The number of nitrogens with zero attached hydrogens (tertiary/aromatic N) is 1. The summed E-state index contributed by atoms with van der Waals surface area (Å²) >= 11 is 0. The number of nitro groups is 1. The summed E-state index contributed by atoms with van der Waals surface area (Å²) in [4.78, 5) is 10.0. The Balaban J connectivity index is 2.17. The van der Waals surface area contributed by atoms with Gasteiger partial charge in [-0.2, -0.15) is 0 Å². The van der Waals surface area contributed by atoms with Crippen molar-refractivity contribution >= 4 is 21.4 Å². The molecule has 0 atom stereocenters. The van der Waals surface area contributed by atoms with E-state index in [0.717, 1.165) is 25.3 Å². The molecule has 110 valence electrons. The van der Waals surface area contributed by atoms with Crippen LogP contribution in [0.3, 0.4) is 0 Å². The zero-order chi connectivity index (χ0) is 14.8. The van der Waals surface area contributed by atoms with Crippen LogP contribution in [0.4, 0.5) is 11.4 Å². The van der Waals surface area contributed by atoms with Crippen molar-refractivity contribution in [2.45, 2.75) is 24.2 Å². The van der Waals surface area contributed by atoms with Crippen LogP contribution in [-0.2, 0) is 10.0 Å². The van der Waals surface area contributed by atoms with E-state index in [9.17, 15) is 18.5 Å². The van der Waals surface area contributed by atoms with E-state index in [4.69, 9.17) is 5.84 Å². The first kappa shape index (κ1) is 14.7. The molecule has 1 aromatic carbocycles. The fraction of sp³-hybridized carbons (Fsp3) is 0.455. The summed E-state index contributed by atoms with van der Waals surface area (Å²) in [7, 11) is -3.73. The highest BCUT2D eigenvalue weighted by Crippen LogP contribution is 2.32. The maximum Gasteiger partial charge on any atom is 0.294 e. The van der Waals surface area contributed by atoms with Gasteiger partial charge in [0.05, 0.1) is 9.82 Å². The molecule has 0 aromatic heterocycles. The number of nitro benzene ring substituents is 1. The summed E-state index contributed by atoms with van der Waals surface area (Å²) in [5.41, 5.74) is 1.85. The first-order valence-electron chi connectivity index (χ1n) is 6.19. The number of benzene rings is 1. The zero-order valence-corrected chi connectivity index (χ0v) is 11.5. The van der Waals surface area contributed by atoms with Crippen LogP contribution >= 0.6 is 0 Å². The minimum absolute atomic E-state index is 0.0620. The number of sulfonamides is 1. The lowest BCUT2D eigenvalue weighted by molar-refractivity contribution is -0.384. The molecule has 0 saturated heterocycles. The van der Waals surface area contributed by atoms with Gasteiger partial charge in [0.1, 0.15) is 5.69 Å². The average molecular weight is 300 g/mol. The number of nitrogen functional groups attached to an aromatic ring is 1. The van der Waals surface area contributed by atoms with Gasteiger partial charge in [-0.3, -0.25) is 16.0 Å². The molecule has 20 heavy (non-hydrogen) atoms. The van der Waals surface area contributed by atoms with E-state index >= 15 is 0 Å². The van der Waals surface area contributed by atoms with E-state index in [0.29, 0.717) is 12.5 Å². The van der Waals surface area contributed by atoms with Gasteiger partial charge >= 0.3 is 0 Å². The molecule has 2 rings (SSSR count). The quantitative estimate of drug-likeness (QED) is 0.391. The maximum atomic E-state index is 12.0. The summed E-state index contributed by atoms with van der Waals surface area (Å²) in [5.74, 6) is 5.76. The Hall–Kier alpha value is -1.71. The summed E-state index contributed by atoms with van der Waals surface area (Å²) in [6.07, 6.45) is 3.08. The predicted molar refractivity (Wildman–Crippen MR) is 73.4 cm³/mol. The van der Waals surface area contributed by atoms with Crippen molar-refractivity contribution in [3.8, 4) is 0 Å². The Kier molecular flexibility index (Phi) is 4.21. The zero-order valence-electron chi connectivity index (χ0n) is 10.7. The third kappa shape index (κ3) is 3.44. The van der Waals surface area contributed by atoms with Crippen LogP contribution in [0.5, 0.6) is 0 Å². The van der Waals surface area contributed by atoms with Gasteiger partial charge in [-0.05, 0) is 24.5 Å². The highest BCUT2D eigenvalue weighted by atomic mass is 32.2. The van der Waals surface area contributed by atoms with E-state index in [1.165, 1.54) is 12.1 Å².